The molecule has 0 amide bonds. The number of aromatic nitrogens is 1. The quantitative estimate of drug-likeness (QED) is 0.429. The van der Waals surface area contributed by atoms with Gasteiger partial charge in [0.15, 0.2) is 5.96 Å². The number of halogens is 2. The van der Waals surface area contributed by atoms with Gasteiger partial charge in [-0.15, -0.1) is 35.3 Å². The first-order valence-corrected chi connectivity index (χ1v) is 7.93. The number of nitrogens with one attached hydrogen (secondary N) is 1. The van der Waals surface area contributed by atoms with Crippen molar-refractivity contribution in [2.24, 2.45) is 4.99 Å². The Morgan fingerprint density at radius 1 is 1.32 bits per heavy atom. The smallest absolute Gasteiger partial charge is 0.193 e. The van der Waals surface area contributed by atoms with Gasteiger partial charge in [-0.05, 0) is 36.2 Å². The number of aliphatic imine (C=N–C) groups is 1. The molecule has 0 saturated carbocycles. The van der Waals surface area contributed by atoms with Crippen molar-refractivity contribution in [2.45, 2.75) is 13.0 Å². The molecule has 0 radical (unpaired) electrons. The molecule has 1 N–H and O–H groups in total. The van der Waals surface area contributed by atoms with Crippen molar-refractivity contribution >= 4 is 52.9 Å². The van der Waals surface area contributed by atoms with E-state index in [1.165, 1.54) is 10.4 Å². The molecule has 0 aliphatic carbocycles. The van der Waals surface area contributed by atoms with Gasteiger partial charge in [0, 0.05) is 37.9 Å². The van der Waals surface area contributed by atoms with Crippen LogP contribution in [0.15, 0.2) is 41.7 Å². The molecule has 0 aromatic carbocycles. The molecule has 0 aliphatic rings. The van der Waals surface area contributed by atoms with Gasteiger partial charge in [-0.3, -0.25) is 9.98 Å². The Balaban J connectivity index is 0.00000242. The zero-order valence-electron chi connectivity index (χ0n) is 12.6. The van der Waals surface area contributed by atoms with Gasteiger partial charge in [0.05, 0.1) is 10.9 Å². The maximum Gasteiger partial charge on any atom is 0.193 e. The van der Waals surface area contributed by atoms with Crippen LogP contribution in [-0.2, 0) is 13.0 Å². The van der Waals surface area contributed by atoms with Crippen molar-refractivity contribution in [1.82, 2.24) is 15.2 Å². The molecular formula is C15H20ClIN4S. The zero-order valence-corrected chi connectivity index (χ0v) is 16.5. The fourth-order valence-corrected chi connectivity index (χ4v) is 3.14. The Morgan fingerprint density at radius 3 is 2.64 bits per heavy atom. The van der Waals surface area contributed by atoms with Gasteiger partial charge in [-0.1, -0.05) is 11.6 Å². The molecule has 2 heterocycles. The lowest BCUT2D eigenvalue weighted by Crippen LogP contribution is -2.39. The largest absolute Gasteiger partial charge is 0.356 e. The van der Waals surface area contributed by atoms with Crippen LogP contribution >= 0.6 is 46.9 Å². The van der Waals surface area contributed by atoms with Gasteiger partial charge in [0.25, 0.3) is 0 Å². The summed E-state index contributed by atoms with van der Waals surface area (Å²) in [5, 5.41) is 3.37. The number of thiophene rings is 1. The lowest BCUT2D eigenvalue weighted by atomic mass is 10.2. The van der Waals surface area contributed by atoms with Crippen LogP contribution in [0, 0.1) is 0 Å². The minimum Gasteiger partial charge on any atom is -0.356 e. The second-order valence-electron chi connectivity index (χ2n) is 4.64. The van der Waals surface area contributed by atoms with E-state index in [1.54, 1.807) is 18.4 Å². The average molecular weight is 451 g/mol. The van der Waals surface area contributed by atoms with Crippen LogP contribution in [0.4, 0.5) is 0 Å². The number of guanidine groups is 1. The molecule has 0 aliphatic heterocycles. The Kier molecular flexibility index (Phi) is 8.74. The van der Waals surface area contributed by atoms with Crippen molar-refractivity contribution < 1.29 is 0 Å². The third-order valence-corrected chi connectivity index (χ3v) is 4.26. The zero-order chi connectivity index (χ0) is 15.1. The highest BCUT2D eigenvalue weighted by Crippen LogP contribution is 2.22. The molecular weight excluding hydrogens is 431 g/mol. The monoisotopic (exact) mass is 450 g/mol. The molecule has 0 unspecified atom stereocenters. The summed E-state index contributed by atoms with van der Waals surface area (Å²) in [5.41, 5.74) is 1.26. The SMILES string of the molecule is CN=C(NCCc1ccncc1)N(C)Cc1ccc(Cl)s1.I. The van der Waals surface area contributed by atoms with Crippen LogP contribution in [0.1, 0.15) is 10.4 Å². The minimum atomic E-state index is 0. The first kappa shape index (κ1) is 19.2. The van der Waals surface area contributed by atoms with Crippen LogP contribution in [0.25, 0.3) is 0 Å². The summed E-state index contributed by atoms with van der Waals surface area (Å²) in [4.78, 5) is 11.6. The normalized spacial score (nSPS) is 11.0. The van der Waals surface area contributed by atoms with E-state index >= 15 is 0 Å². The van der Waals surface area contributed by atoms with Crippen LogP contribution in [0.2, 0.25) is 4.34 Å². The second kappa shape index (κ2) is 10.0. The summed E-state index contributed by atoms with van der Waals surface area (Å²) < 4.78 is 0.819. The molecule has 4 nitrogen and oxygen atoms in total. The Morgan fingerprint density at radius 2 is 2.05 bits per heavy atom. The summed E-state index contributed by atoms with van der Waals surface area (Å²) >= 11 is 7.56. The highest BCUT2D eigenvalue weighted by Gasteiger charge is 2.07. The van der Waals surface area contributed by atoms with Crippen molar-refractivity contribution in [3.8, 4) is 0 Å². The predicted molar refractivity (Wildman–Crippen MR) is 106 cm³/mol. The second-order valence-corrected chi connectivity index (χ2v) is 6.44. The number of hydrogen-bond acceptors (Lipinski definition) is 3. The van der Waals surface area contributed by atoms with Gasteiger partial charge in [0.2, 0.25) is 0 Å². The minimum absolute atomic E-state index is 0. The molecule has 2 aromatic rings. The van der Waals surface area contributed by atoms with Crippen molar-refractivity contribution in [2.75, 3.05) is 20.6 Å². The number of hydrogen-bond donors (Lipinski definition) is 1. The van der Waals surface area contributed by atoms with E-state index in [1.807, 2.05) is 43.7 Å². The lowest BCUT2D eigenvalue weighted by molar-refractivity contribution is 0.482. The fourth-order valence-electron chi connectivity index (χ4n) is 2.00. The van der Waals surface area contributed by atoms with E-state index in [-0.39, 0.29) is 24.0 Å². The molecule has 2 rings (SSSR count). The summed E-state index contributed by atoms with van der Waals surface area (Å²) in [6.45, 7) is 1.64. The third kappa shape index (κ3) is 6.10. The van der Waals surface area contributed by atoms with Crippen molar-refractivity contribution in [1.29, 1.82) is 0 Å². The lowest BCUT2D eigenvalue weighted by Gasteiger charge is -2.21. The van der Waals surface area contributed by atoms with Gasteiger partial charge in [-0.2, -0.15) is 0 Å². The molecule has 0 bridgehead atoms. The maximum absolute atomic E-state index is 5.96. The highest BCUT2D eigenvalue weighted by atomic mass is 127. The van der Waals surface area contributed by atoms with E-state index in [4.69, 9.17) is 11.6 Å². The van der Waals surface area contributed by atoms with E-state index in [2.05, 4.69) is 20.2 Å². The van der Waals surface area contributed by atoms with E-state index in [0.717, 1.165) is 29.8 Å². The molecule has 7 heteroatoms. The standard InChI is InChI=1S/C15H19ClN4S.HI/c1-17-15(19-10-7-12-5-8-18-9-6-12)20(2)11-13-3-4-14(16)21-13;/h3-6,8-9H,7,10-11H2,1-2H3,(H,17,19);1H. The maximum atomic E-state index is 5.96. The molecule has 22 heavy (non-hydrogen) atoms. The predicted octanol–water partition coefficient (Wildman–Crippen LogP) is 3.66. The summed E-state index contributed by atoms with van der Waals surface area (Å²) in [6, 6.07) is 8.03. The number of nitrogens with zero attached hydrogens (tertiary/aromatic N) is 3. The number of pyridine rings is 1. The van der Waals surface area contributed by atoms with Crippen LogP contribution in [0.3, 0.4) is 0 Å². The molecule has 0 fully saturated rings. The Bertz CT molecular complexity index is 588. The van der Waals surface area contributed by atoms with Crippen molar-refractivity contribution in [3.05, 3.63) is 51.4 Å². The Labute approximate surface area is 157 Å². The van der Waals surface area contributed by atoms with Crippen LogP contribution in [-0.4, -0.2) is 36.5 Å². The highest BCUT2D eigenvalue weighted by molar-refractivity contribution is 14.0. The van der Waals surface area contributed by atoms with Gasteiger partial charge < -0.3 is 10.2 Å². The first-order valence-electron chi connectivity index (χ1n) is 6.74. The first-order chi connectivity index (χ1) is 10.2. The summed E-state index contributed by atoms with van der Waals surface area (Å²) in [6.07, 6.45) is 4.58. The van der Waals surface area contributed by atoms with E-state index in [9.17, 15) is 0 Å². The van der Waals surface area contributed by atoms with Crippen LogP contribution in [0.5, 0.6) is 0 Å². The topological polar surface area (TPSA) is 40.5 Å². The van der Waals surface area contributed by atoms with Gasteiger partial charge in [-0.25, -0.2) is 0 Å². The van der Waals surface area contributed by atoms with Gasteiger partial charge in [0.1, 0.15) is 0 Å². The van der Waals surface area contributed by atoms with Gasteiger partial charge >= 0.3 is 0 Å². The van der Waals surface area contributed by atoms with E-state index < -0.39 is 0 Å². The molecule has 0 atom stereocenters. The summed E-state index contributed by atoms with van der Waals surface area (Å²) in [7, 11) is 3.82. The third-order valence-electron chi connectivity index (χ3n) is 3.04. The molecule has 0 saturated heterocycles. The Hall–Kier alpha value is -0.860. The fraction of sp³-hybridized carbons (Fsp3) is 0.333. The summed E-state index contributed by atoms with van der Waals surface area (Å²) in [5.74, 6) is 0.883. The van der Waals surface area contributed by atoms with Crippen LogP contribution < -0.4 is 5.32 Å². The molecule has 120 valence electrons. The number of rotatable bonds is 5. The molecule has 2 aromatic heterocycles. The molecule has 0 spiro atoms. The van der Waals surface area contributed by atoms with E-state index in [0.29, 0.717) is 0 Å². The average Bonchev–Trinajstić information content (AvgIpc) is 2.89. The van der Waals surface area contributed by atoms with Crippen molar-refractivity contribution in [3.63, 3.8) is 0 Å².